The molecule has 0 aliphatic carbocycles. The maximum atomic E-state index is 11.8. The molecule has 0 radical (unpaired) electrons. The number of hydrogen-bond acceptors (Lipinski definition) is 6. The third kappa shape index (κ3) is 4.01. The predicted molar refractivity (Wildman–Crippen MR) is 76.3 cm³/mol. The molecule has 4 N–H and O–H groups in total. The SMILES string of the molecule is C=CC(=O)Oc1c(N)cc(C(=O)OCCCC)cc1N. The highest BCUT2D eigenvalue weighted by Gasteiger charge is 2.15. The van der Waals surface area contributed by atoms with Gasteiger partial charge in [0.15, 0.2) is 5.75 Å². The fraction of sp³-hybridized carbons (Fsp3) is 0.286. The highest BCUT2D eigenvalue weighted by atomic mass is 16.5. The van der Waals surface area contributed by atoms with Gasteiger partial charge in [-0.3, -0.25) is 0 Å². The van der Waals surface area contributed by atoms with Crippen LogP contribution in [0.5, 0.6) is 5.75 Å². The van der Waals surface area contributed by atoms with Crippen LogP contribution in [-0.4, -0.2) is 18.5 Å². The minimum Gasteiger partial charge on any atom is -0.462 e. The molecule has 6 heteroatoms. The van der Waals surface area contributed by atoms with E-state index >= 15 is 0 Å². The van der Waals surface area contributed by atoms with Gasteiger partial charge in [0.25, 0.3) is 0 Å². The molecule has 6 nitrogen and oxygen atoms in total. The molecule has 0 fully saturated rings. The summed E-state index contributed by atoms with van der Waals surface area (Å²) < 4.78 is 9.95. The first kappa shape index (κ1) is 15.6. The second kappa shape index (κ2) is 7.18. The van der Waals surface area contributed by atoms with E-state index in [1.165, 1.54) is 12.1 Å². The largest absolute Gasteiger partial charge is 0.462 e. The minimum absolute atomic E-state index is 0.0139. The molecule has 0 heterocycles. The van der Waals surface area contributed by atoms with Gasteiger partial charge in [-0.25, -0.2) is 9.59 Å². The van der Waals surface area contributed by atoms with Gasteiger partial charge in [-0.05, 0) is 18.6 Å². The summed E-state index contributed by atoms with van der Waals surface area (Å²) >= 11 is 0. The Labute approximate surface area is 117 Å². The van der Waals surface area contributed by atoms with Crippen LogP contribution >= 0.6 is 0 Å². The number of carbonyl (C=O) groups is 2. The Hall–Kier alpha value is -2.50. The van der Waals surface area contributed by atoms with Gasteiger partial charge in [-0.15, -0.1) is 0 Å². The van der Waals surface area contributed by atoms with Crippen molar-refractivity contribution in [3.05, 3.63) is 30.4 Å². The van der Waals surface area contributed by atoms with Crippen LogP contribution in [0.2, 0.25) is 0 Å². The number of carbonyl (C=O) groups excluding carboxylic acids is 2. The molecule has 0 aliphatic rings. The van der Waals surface area contributed by atoms with E-state index in [1.807, 2.05) is 6.92 Å². The molecule has 0 atom stereocenters. The van der Waals surface area contributed by atoms with Gasteiger partial charge in [-0.1, -0.05) is 19.9 Å². The van der Waals surface area contributed by atoms with Crippen molar-refractivity contribution < 1.29 is 19.1 Å². The lowest BCUT2D eigenvalue weighted by atomic mass is 10.1. The Bertz CT molecular complexity index is 503. The van der Waals surface area contributed by atoms with Crippen molar-refractivity contribution in [3.63, 3.8) is 0 Å². The van der Waals surface area contributed by atoms with E-state index < -0.39 is 11.9 Å². The highest BCUT2D eigenvalue weighted by Crippen LogP contribution is 2.31. The summed E-state index contributed by atoms with van der Waals surface area (Å²) in [7, 11) is 0. The summed E-state index contributed by atoms with van der Waals surface area (Å²) in [5, 5.41) is 0. The van der Waals surface area contributed by atoms with Gasteiger partial charge in [0.05, 0.1) is 23.5 Å². The molecule has 20 heavy (non-hydrogen) atoms. The Kier molecular flexibility index (Phi) is 5.58. The molecule has 0 unspecified atom stereocenters. The molecule has 0 amide bonds. The van der Waals surface area contributed by atoms with Crippen LogP contribution in [0.15, 0.2) is 24.8 Å². The van der Waals surface area contributed by atoms with Crippen molar-refractivity contribution in [3.8, 4) is 5.75 Å². The quantitative estimate of drug-likeness (QED) is 0.271. The summed E-state index contributed by atoms with van der Waals surface area (Å²) in [4.78, 5) is 22.9. The second-order valence-corrected chi connectivity index (χ2v) is 4.10. The van der Waals surface area contributed by atoms with E-state index in [9.17, 15) is 9.59 Å². The van der Waals surface area contributed by atoms with E-state index in [1.54, 1.807) is 0 Å². The molecule has 0 bridgehead atoms. The number of benzene rings is 1. The maximum absolute atomic E-state index is 11.8. The van der Waals surface area contributed by atoms with Gasteiger partial charge < -0.3 is 20.9 Å². The summed E-state index contributed by atoms with van der Waals surface area (Å²) in [5.41, 5.74) is 11.8. The van der Waals surface area contributed by atoms with Gasteiger partial charge in [0.2, 0.25) is 0 Å². The molecule has 0 aliphatic heterocycles. The van der Waals surface area contributed by atoms with Gasteiger partial charge >= 0.3 is 11.9 Å². The van der Waals surface area contributed by atoms with Crippen LogP contribution in [-0.2, 0) is 9.53 Å². The van der Waals surface area contributed by atoms with Crippen LogP contribution in [0.4, 0.5) is 11.4 Å². The number of esters is 2. The van der Waals surface area contributed by atoms with Gasteiger partial charge in [0.1, 0.15) is 0 Å². The zero-order valence-corrected chi connectivity index (χ0v) is 11.3. The summed E-state index contributed by atoms with van der Waals surface area (Å²) in [6.07, 6.45) is 2.70. The normalized spacial score (nSPS) is 9.85. The number of ether oxygens (including phenoxy) is 2. The first-order valence-corrected chi connectivity index (χ1v) is 6.20. The number of hydrogen-bond donors (Lipinski definition) is 2. The molecule has 1 rings (SSSR count). The summed E-state index contributed by atoms with van der Waals surface area (Å²) in [6.45, 7) is 5.60. The zero-order valence-electron chi connectivity index (χ0n) is 11.3. The predicted octanol–water partition coefficient (Wildman–Crippen LogP) is 1.90. The first-order valence-electron chi connectivity index (χ1n) is 6.20. The monoisotopic (exact) mass is 278 g/mol. The number of anilines is 2. The summed E-state index contributed by atoms with van der Waals surface area (Å²) in [6, 6.07) is 2.71. The van der Waals surface area contributed by atoms with Crippen molar-refractivity contribution in [2.24, 2.45) is 0 Å². The molecule has 108 valence electrons. The van der Waals surface area contributed by atoms with E-state index in [0.717, 1.165) is 18.9 Å². The van der Waals surface area contributed by atoms with E-state index in [-0.39, 0.29) is 22.7 Å². The van der Waals surface area contributed by atoms with Gasteiger partial charge in [0, 0.05) is 6.08 Å². The Morgan fingerprint density at radius 2 is 1.90 bits per heavy atom. The molecular weight excluding hydrogens is 260 g/mol. The Morgan fingerprint density at radius 3 is 2.40 bits per heavy atom. The topological polar surface area (TPSA) is 105 Å². The molecule has 1 aromatic carbocycles. The van der Waals surface area contributed by atoms with Crippen molar-refractivity contribution in [2.45, 2.75) is 19.8 Å². The molecule has 0 aromatic heterocycles. The maximum Gasteiger partial charge on any atom is 0.338 e. The molecule has 0 saturated heterocycles. The lowest BCUT2D eigenvalue weighted by molar-refractivity contribution is -0.128. The molecule has 0 spiro atoms. The number of unbranched alkanes of at least 4 members (excludes halogenated alkanes) is 1. The van der Waals surface area contributed by atoms with Crippen molar-refractivity contribution in [1.82, 2.24) is 0 Å². The summed E-state index contributed by atoms with van der Waals surface area (Å²) in [5.74, 6) is -1.18. The first-order chi connectivity index (χ1) is 9.49. The van der Waals surface area contributed by atoms with Crippen molar-refractivity contribution in [1.29, 1.82) is 0 Å². The highest BCUT2D eigenvalue weighted by molar-refractivity contribution is 5.94. The van der Waals surface area contributed by atoms with Crippen LogP contribution < -0.4 is 16.2 Å². The van der Waals surface area contributed by atoms with Crippen LogP contribution in [0.1, 0.15) is 30.1 Å². The third-order valence-corrected chi connectivity index (χ3v) is 2.48. The van der Waals surface area contributed by atoms with Crippen molar-refractivity contribution >= 4 is 23.3 Å². The van der Waals surface area contributed by atoms with Crippen LogP contribution in [0.3, 0.4) is 0 Å². The average Bonchev–Trinajstić information content (AvgIpc) is 2.42. The van der Waals surface area contributed by atoms with Crippen molar-refractivity contribution in [2.75, 3.05) is 18.1 Å². The smallest absolute Gasteiger partial charge is 0.338 e. The Morgan fingerprint density at radius 1 is 1.30 bits per heavy atom. The lowest BCUT2D eigenvalue weighted by Crippen LogP contribution is -2.11. The molecule has 1 aromatic rings. The lowest BCUT2D eigenvalue weighted by Gasteiger charge is -2.11. The average molecular weight is 278 g/mol. The number of nitrogen functional groups attached to an aromatic ring is 2. The fourth-order valence-electron chi connectivity index (χ4n) is 1.44. The number of rotatable bonds is 6. The molecule has 0 saturated carbocycles. The standard InChI is InChI=1S/C14H18N2O4/c1-3-5-6-19-14(18)9-7-10(15)13(11(16)8-9)20-12(17)4-2/h4,7-8H,2-3,5-6,15-16H2,1H3. The van der Waals surface area contributed by atoms with E-state index in [2.05, 4.69) is 6.58 Å². The third-order valence-electron chi connectivity index (χ3n) is 2.48. The minimum atomic E-state index is -0.679. The Balaban J connectivity index is 2.89. The fourth-order valence-corrected chi connectivity index (χ4v) is 1.44. The molecular formula is C14H18N2O4. The number of nitrogens with two attached hydrogens (primary N) is 2. The second-order valence-electron chi connectivity index (χ2n) is 4.10. The van der Waals surface area contributed by atoms with Gasteiger partial charge in [-0.2, -0.15) is 0 Å². The van der Waals surface area contributed by atoms with Crippen LogP contribution in [0.25, 0.3) is 0 Å². The van der Waals surface area contributed by atoms with E-state index in [0.29, 0.717) is 6.61 Å². The van der Waals surface area contributed by atoms with E-state index in [4.69, 9.17) is 20.9 Å². The van der Waals surface area contributed by atoms with Crippen LogP contribution in [0, 0.1) is 0 Å². The zero-order chi connectivity index (χ0) is 15.1.